The van der Waals surface area contributed by atoms with Crippen LogP contribution in [-0.2, 0) is 16.1 Å². The van der Waals surface area contributed by atoms with Crippen molar-refractivity contribution in [2.75, 3.05) is 10.2 Å². The average molecular weight is 466 g/mol. The third-order valence-electron chi connectivity index (χ3n) is 4.81. The van der Waals surface area contributed by atoms with Gasteiger partial charge in [0.1, 0.15) is 10.7 Å². The predicted molar refractivity (Wildman–Crippen MR) is 125 cm³/mol. The summed E-state index contributed by atoms with van der Waals surface area (Å²) in [5, 5.41) is 5.71. The summed E-state index contributed by atoms with van der Waals surface area (Å²) >= 11 is 12.3. The number of amides is 3. The zero-order valence-electron chi connectivity index (χ0n) is 16.6. The molecule has 1 aliphatic heterocycles. The summed E-state index contributed by atoms with van der Waals surface area (Å²) in [6.45, 7) is 0.383. The molecule has 0 aliphatic carbocycles. The van der Waals surface area contributed by atoms with E-state index in [2.05, 4.69) is 10.6 Å². The first-order valence-electron chi connectivity index (χ1n) is 9.68. The van der Waals surface area contributed by atoms with Gasteiger partial charge in [-0.05, 0) is 35.9 Å². The molecule has 0 aromatic heterocycles. The van der Waals surface area contributed by atoms with Gasteiger partial charge < -0.3 is 10.6 Å². The van der Waals surface area contributed by atoms with Gasteiger partial charge >= 0.3 is 0 Å². The van der Waals surface area contributed by atoms with Crippen LogP contribution in [0.3, 0.4) is 0 Å². The highest BCUT2D eigenvalue weighted by Gasteiger charge is 2.39. The monoisotopic (exact) mass is 465 g/mol. The lowest BCUT2D eigenvalue weighted by Crippen LogP contribution is -2.32. The summed E-state index contributed by atoms with van der Waals surface area (Å²) in [5.41, 5.74) is 1.96. The number of nitrogens with zero attached hydrogens (tertiary/aromatic N) is 1. The minimum atomic E-state index is -0.677. The first kappa shape index (κ1) is 21.6. The molecule has 3 aromatic rings. The van der Waals surface area contributed by atoms with E-state index in [9.17, 15) is 14.4 Å². The lowest BCUT2D eigenvalue weighted by Gasteiger charge is -2.16. The molecule has 3 aromatic carbocycles. The molecule has 32 heavy (non-hydrogen) atoms. The molecule has 0 radical (unpaired) electrons. The number of imide groups is 1. The van der Waals surface area contributed by atoms with Crippen molar-refractivity contribution >= 4 is 52.3 Å². The third-order valence-corrected chi connectivity index (χ3v) is 5.48. The molecule has 0 fully saturated rings. The molecule has 3 amide bonds. The van der Waals surface area contributed by atoms with Gasteiger partial charge in [-0.3, -0.25) is 14.4 Å². The minimum Gasteiger partial charge on any atom is -0.350 e. The number of hydrogen-bond donors (Lipinski definition) is 2. The number of anilines is 2. The van der Waals surface area contributed by atoms with Crippen LogP contribution in [0.25, 0.3) is 0 Å². The van der Waals surface area contributed by atoms with Gasteiger partial charge in [0.15, 0.2) is 0 Å². The Hall–Kier alpha value is -3.61. The molecule has 4 rings (SSSR count). The first-order chi connectivity index (χ1) is 15.5. The van der Waals surface area contributed by atoms with Crippen molar-refractivity contribution < 1.29 is 14.4 Å². The number of para-hydroxylation sites is 1. The smallest absolute Gasteiger partial charge is 0.283 e. The van der Waals surface area contributed by atoms with Crippen molar-refractivity contribution in [1.82, 2.24) is 5.32 Å². The second-order valence-electron chi connectivity index (χ2n) is 6.96. The summed E-state index contributed by atoms with van der Waals surface area (Å²) in [7, 11) is 0. The highest BCUT2D eigenvalue weighted by molar-refractivity contribution is 6.53. The van der Waals surface area contributed by atoms with Gasteiger partial charge in [-0.1, -0.05) is 71.7 Å². The van der Waals surface area contributed by atoms with E-state index in [4.69, 9.17) is 23.2 Å². The Morgan fingerprint density at radius 2 is 1.56 bits per heavy atom. The minimum absolute atomic E-state index is 0.0848. The van der Waals surface area contributed by atoms with Crippen LogP contribution in [0.2, 0.25) is 5.02 Å². The van der Waals surface area contributed by atoms with E-state index in [-0.39, 0.29) is 27.3 Å². The summed E-state index contributed by atoms with van der Waals surface area (Å²) in [6, 6.07) is 22.6. The molecule has 1 aliphatic rings. The number of hydrogen-bond acceptors (Lipinski definition) is 4. The van der Waals surface area contributed by atoms with Crippen molar-refractivity contribution in [3.8, 4) is 0 Å². The molecule has 0 bridgehead atoms. The molecule has 0 atom stereocenters. The Labute approximate surface area is 194 Å². The summed E-state index contributed by atoms with van der Waals surface area (Å²) in [5.74, 6) is -1.58. The summed E-state index contributed by atoms with van der Waals surface area (Å²) in [6.07, 6.45) is 0. The van der Waals surface area contributed by atoms with Crippen LogP contribution in [0.5, 0.6) is 0 Å². The van der Waals surface area contributed by atoms with Crippen LogP contribution in [0.4, 0.5) is 11.4 Å². The van der Waals surface area contributed by atoms with E-state index in [0.29, 0.717) is 17.8 Å². The van der Waals surface area contributed by atoms with Gasteiger partial charge in [0.25, 0.3) is 17.7 Å². The van der Waals surface area contributed by atoms with E-state index in [0.717, 1.165) is 10.5 Å². The fraction of sp³-hybridized carbons (Fsp3) is 0.0417. The van der Waals surface area contributed by atoms with Crippen LogP contribution in [-0.4, -0.2) is 17.7 Å². The van der Waals surface area contributed by atoms with E-state index >= 15 is 0 Å². The summed E-state index contributed by atoms with van der Waals surface area (Å²) < 4.78 is 0. The van der Waals surface area contributed by atoms with Crippen LogP contribution in [0, 0.1) is 0 Å². The van der Waals surface area contributed by atoms with Gasteiger partial charge in [-0.25, -0.2) is 4.90 Å². The Morgan fingerprint density at radius 3 is 2.31 bits per heavy atom. The third kappa shape index (κ3) is 4.37. The van der Waals surface area contributed by atoms with Crippen molar-refractivity contribution in [1.29, 1.82) is 0 Å². The highest BCUT2D eigenvalue weighted by Crippen LogP contribution is 2.34. The van der Waals surface area contributed by atoms with E-state index in [1.165, 1.54) is 0 Å². The SMILES string of the molecule is O=C(NCc1ccccc1)c1cccc(NC2=C(Cl)C(=O)N(c3ccccc3Cl)C2=O)c1. The zero-order chi connectivity index (χ0) is 22.7. The fourth-order valence-electron chi connectivity index (χ4n) is 3.23. The van der Waals surface area contributed by atoms with Crippen molar-refractivity contribution in [3.05, 3.63) is 106 Å². The normalized spacial score (nSPS) is 13.5. The number of rotatable bonds is 6. The maximum absolute atomic E-state index is 12.9. The Kier molecular flexibility index (Phi) is 6.25. The van der Waals surface area contributed by atoms with Gasteiger partial charge in [-0.15, -0.1) is 0 Å². The largest absolute Gasteiger partial charge is 0.350 e. The molecule has 0 unspecified atom stereocenters. The molecule has 160 valence electrons. The topological polar surface area (TPSA) is 78.5 Å². The van der Waals surface area contributed by atoms with E-state index in [1.807, 2.05) is 30.3 Å². The highest BCUT2D eigenvalue weighted by atomic mass is 35.5. The lowest BCUT2D eigenvalue weighted by molar-refractivity contribution is -0.120. The molecule has 2 N–H and O–H groups in total. The first-order valence-corrected chi connectivity index (χ1v) is 10.4. The maximum Gasteiger partial charge on any atom is 0.283 e. The number of nitrogens with one attached hydrogen (secondary N) is 2. The molecule has 0 saturated carbocycles. The van der Waals surface area contributed by atoms with Gasteiger partial charge in [0.05, 0.1) is 10.7 Å². The fourth-order valence-corrected chi connectivity index (χ4v) is 3.66. The van der Waals surface area contributed by atoms with Gasteiger partial charge in [0, 0.05) is 17.8 Å². The quantitative estimate of drug-likeness (QED) is 0.516. The van der Waals surface area contributed by atoms with Gasteiger partial charge in [0.2, 0.25) is 0 Å². The number of carbonyl (C=O) groups is 3. The van der Waals surface area contributed by atoms with Gasteiger partial charge in [-0.2, -0.15) is 0 Å². The molecule has 0 spiro atoms. The second-order valence-corrected chi connectivity index (χ2v) is 7.75. The molecule has 0 saturated heterocycles. The van der Waals surface area contributed by atoms with Crippen molar-refractivity contribution in [2.24, 2.45) is 0 Å². The van der Waals surface area contributed by atoms with Crippen molar-refractivity contribution in [2.45, 2.75) is 6.54 Å². The van der Waals surface area contributed by atoms with Crippen LogP contribution < -0.4 is 15.5 Å². The standard InChI is InChI=1S/C24H17Cl2N3O3/c25-18-11-4-5-12-19(18)29-23(31)20(26)21(24(29)32)28-17-10-6-9-16(13-17)22(30)27-14-15-7-2-1-3-8-15/h1-13,28H,14H2,(H,27,30). The van der Waals surface area contributed by atoms with E-state index in [1.54, 1.807) is 48.5 Å². The zero-order valence-corrected chi connectivity index (χ0v) is 18.2. The van der Waals surface area contributed by atoms with E-state index < -0.39 is 11.8 Å². The van der Waals surface area contributed by atoms with Crippen molar-refractivity contribution in [3.63, 3.8) is 0 Å². The molecule has 6 nitrogen and oxygen atoms in total. The lowest BCUT2D eigenvalue weighted by atomic mass is 10.1. The summed E-state index contributed by atoms with van der Waals surface area (Å²) in [4.78, 5) is 39.0. The number of halogens is 2. The molecular weight excluding hydrogens is 449 g/mol. The molecular formula is C24H17Cl2N3O3. The molecule has 8 heteroatoms. The number of carbonyl (C=O) groups excluding carboxylic acids is 3. The second kappa shape index (κ2) is 9.26. The Morgan fingerprint density at radius 1 is 0.844 bits per heavy atom. The predicted octanol–water partition coefficient (Wildman–Crippen LogP) is 4.71. The van der Waals surface area contributed by atoms with Crippen LogP contribution in [0.15, 0.2) is 89.6 Å². The molecule has 1 heterocycles. The Bertz CT molecular complexity index is 1240. The van der Waals surface area contributed by atoms with Crippen LogP contribution in [0.1, 0.15) is 15.9 Å². The Balaban J connectivity index is 1.50. The number of benzene rings is 3. The average Bonchev–Trinajstić information content (AvgIpc) is 3.02. The van der Waals surface area contributed by atoms with Crippen LogP contribution >= 0.6 is 23.2 Å². The maximum atomic E-state index is 12.9.